The number of carbonyl (C=O) groups is 1. The molecule has 0 aliphatic heterocycles. The van der Waals surface area contributed by atoms with Gasteiger partial charge in [0.25, 0.3) is 5.56 Å². The van der Waals surface area contributed by atoms with E-state index in [0.29, 0.717) is 34.6 Å². The number of carbonyl (C=O) groups excluding carboxylic acids is 1. The van der Waals surface area contributed by atoms with Crippen LogP contribution in [0.2, 0.25) is 0 Å². The van der Waals surface area contributed by atoms with E-state index in [4.69, 9.17) is 9.47 Å². The van der Waals surface area contributed by atoms with E-state index in [2.05, 4.69) is 10.3 Å². The highest BCUT2D eigenvalue weighted by Gasteiger charge is 2.17. The molecule has 3 aromatic rings. The van der Waals surface area contributed by atoms with Gasteiger partial charge in [0.15, 0.2) is 11.5 Å². The van der Waals surface area contributed by atoms with E-state index in [0.717, 1.165) is 11.1 Å². The second-order valence-corrected chi connectivity index (χ2v) is 6.11. The van der Waals surface area contributed by atoms with Crippen LogP contribution in [0.1, 0.15) is 18.2 Å². The molecule has 0 bridgehead atoms. The Hall–Kier alpha value is -3.28. The fraction of sp³-hybridized carbons (Fsp3) is 0.238. The van der Waals surface area contributed by atoms with Crippen molar-refractivity contribution >= 4 is 22.4 Å². The van der Waals surface area contributed by atoms with Crippen LogP contribution in [0.5, 0.6) is 11.5 Å². The fourth-order valence-corrected chi connectivity index (χ4v) is 3.12. The third kappa shape index (κ3) is 3.79. The number of anilines is 1. The number of amides is 1. The summed E-state index contributed by atoms with van der Waals surface area (Å²) in [6, 6.07) is 12.7. The SMILES string of the molecule is CCc1[nH]c(=O)c(CC(=O)Nc2ccccc2)c2cc(OC)c(OC)cc12. The number of para-hydroxylation sites is 1. The Morgan fingerprint density at radius 2 is 1.67 bits per heavy atom. The van der Waals surface area contributed by atoms with Crippen molar-refractivity contribution in [3.05, 3.63) is 64.1 Å². The number of aromatic nitrogens is 1. The largest absolute Gasteiger partial charge is 0.493 e. The van der Waals surface area contributed by atoms with Crippen LogP contribution in [-0.4, -0.2) is 25.1 Å². The van der Waals surface area contributed by atoms with Gasteiger partial charge in [-0.15, -0.1) is 0 Å². The number of hydrogen-bond donors (Lipinski definition) is 2. The number of fused-ring (bicyclic) bond motifs is 1. The molecule has 0 atom stereocenters. The van der Waals surface area contributed by atoms with Crippen molar-refractivity contribution in [2.75, 3.05) is 19.5 Å². The smallest absolute Gasteiger partial charge is 0.252 e. The standard InChI is InChI=1S/C21H22N2O4/c1-4-17-15-11-19(27-3)18(26-2)10-14(15)16(21(25)23-17)12-20(24)22-13-8-6-5-7-9-13/h5-11H,4,12H2,1-3H3,(H,22,24)(H,23,25). The van der Waals surface area contributed by atoms with E-state index < -0.39 is 0 Å². The van der Waals surface area contributed by atoms with Crippen molar-refractivity contribution in [1.82, 2.24) is 4.98 Å². The molecule has 0 aliphatic carbocycles. The summed E-state index contributed by atoms with van der Waals surface area (Å²) in [5.41, 5.74) is 1.61. The maximum atomic E-state index is 12.6. The van der Waals surface area contributed by atoms with Gasteiger partial charge in [0, 0.05) is 22.3 Å². The first-order valence-electron chi connectivity index (χ1n) is 8.72. The van der Waals surface area contributed by atoms with Crippen LogP contribution in [0.25, 0.3) is 10.8 Å². The lowest BCUT2D eigenvalue weighted by atomic mass is 10.00. The molecule has 140 valence electrons. The van der Waals surface area contributed by atoms with Crippen LogP contribution >= 0.6 is 0 Å². The first-order valence-corrected chi connectivity index (χ1v) is 8.72. The number of hydrogen-bond acceptors (Lipinski definition) is 4. The van der Waals surface area contributed by atoms with Crippen LogP contribution < -0.4 is 20.3 Å². The second-order valence-electron chi connectivity index (χ2n) is 6.11. The summed E-state index contributed by atoms with van der Waals surface area (Å²) in [5, 5.41) is 4.35. The molecule has 0 unspecified atom stereocenters. The summed E-state index contributed by atoms with van der Waals surface area (Å²) in [6.07, 6.45) is 0.609. The van der Waals surface area contributed by atoms with Gasteiger partial charge >= 0.3 is 0 Å². The molecule has 6 heteroatoms. The van der Waals surface area contributed by atoms with Crippen LogP contribution in [0, 0.1) is 0 Å². The predicted octanol–water partition coefficient (Wildman–Crippen LogP) is 3.29. The minimum Gasteiger partial charge on any atom is -0.493 e. The van der Waals surface area contributed by atoms with Gasteiger partial charge in [0.1, 0.15) is 0 Å². The van der Waals surface area contributed by atoms with Crippen molar-refractivity contribution in [3.63, 3.8) is 0 Å². The molecule has 0 saturated carbocycles. The van der Waals surface area contributed by atoms with Gasteiger partial charge in [0.05, 0.1) is 20.6 Å². The van der Waals surface area contributed by atoms with E-state index in [1.807, 2.05) is 31.2 Å². The fourth-order valence-electron chi connectivity index (χ4n) is 3.12. The molecule has 27 heavy (non-hydrogen) atoms. The van der Waals surface area contributed by atoms with E-state index >= 15 is 0 Å². The molecule has 2 N–H and O–H groups in total. The number of pyridine rings is 1. The third-order valence-electron chi connectivity index (χ3n) is 4.46. The lowest BCUT2D eigenvalue weighted by Gasteiger charge is -2.14. The lowest BCUT2D eigenvalue weighted by Crippen LogP contribution is -2.22. The molecule has 1 heterocycles. The lowest BCUT2D eigenvalue weighted by molar-refractivity contribution is -0.115. The summed E-state index contributed by atoms with van der Waals surface area (Å²) >= 11 is 0. The van der Waals surface area contributed by atoms with Gasteiger partial charge in [-0.1, -0.05) is 25.1 Å². The van der Waals surface area contributed by atoms with Crippen molar-refractivity contribution in [2.45, 2.75) is 19.8 Å². The predicted molar refractivity (Wildman–Crippen MR) is 106 cm³/mol. The normalized spacial score (nSPS) is 10.6. The van der Waals surface area contributed by atoms with Gasteiger partial charge in [-0.2, -0.15) is 0 Å². The Bertz CT molecular complexity index is 1030. The zero-order chi connectivity index (χ0) is 19.4. The summed E-state index contributed by atoms with van der Waals surface area (Å²) in [7, 11) is 3.11. The van der Waals surface area contributed by atoms with Crippen LogP contribution in [-0.2, 0) is 17.6 Å². The molecule has 0 saturated heterocycles. The molecular formula is C21H22N2O4. The zero-order valence-corrected chi connectivity index (χ0v) is 15.6. The highest BCUT2D eigenvalue weighted by molar-refractivity contribution is 5.97. The van der Waals surface area contributed by atoms with E-state index in [-0.39, 0.29) is 17.9 Å². The topological polar surface area (TPSA) is 80.4 Å². The van der Waals surface area contributed by atoms with Gasteiger partial charge in [-0.3, -0.25) is 9.59 Å². The number of benzene rings is 2. The molecule has 0 aliphatic rings. The average Bonchev–Trinajstić information content (AvgIpc) is 2.69. The second kappa shape index (κ2) is 7.95. The minimum atomic E-state index is -0.269. The van der Waals surface area contributed by atoms with E-state index in [1.54, 1.807) is 32.4 Å². The number of ether oxygens (including phenoxy) is 2. The Morgan fingerprint density at radius 3 is 2.26 bits per heavy atom. The number of aromatic amines is 1. The van der Waals surface area contributed by atoms with Gasteiger partial charge in [-0.05, 0) is 36.1 Å². The van der Waals surface area contributed by atoms with Gasteiger partial charge in [0.2, 0.25) is 5.91 Å². The van der Waals surface area contributed by atoms with Crippen molar-refractivity contribution in [2.24, 2.45) is 0 Å². The zero-order valence-electron chi connectivity index (χ0n) is 15.6. The molecular weight excluding hydrogens is 344 g/mol. The molecule has 2 aromatic carbocycles. The Balaban J connectivity index is 2.07. The highest BCUT2D eigenvalue weighted by atomic mass is 16.5. The Kier molecular flexibility index (Phi) is 5.45. The van der Waals surface area contributed by atoms with Gasteiger partial charge in [-0.25, -0.2) is 0 Å². The maximum Gasteiger partial charge on any atom is 0.252 e. The highest BCUT2D eigenvalue weighted by Crippen LogP contribution is 2.34. The molecule has 3 rings (SSSR count). The number of nitrogens with one attached hydrogen (secondary N) is 2. The minimum absolute atomic E-state index is 0.0415. The number of methoxy groups -OCH3 is 2. The van der Waals surface area contributed by atoms with Gasteiger partial charge < -0.3 is 19.8 Å². The molecule has 0 fully saturated rings. The first kappa shape index (κ1) is 18.5. The van der Waals surface area contributed by atoms with Crippen LogP contribution in [0.15, 0.2) is 47.3 Å². The van der Waals surface area contributed by atoms with Crippen LogP contribution in [0.3, 0.4) is 0 Å². The number of aryl methyl sites for hydroxylation is 1. The van der Waals surface area contributed by atoms with Crippen molar-refractivity contribution in [1.29, 1.82) is 0 Å². The van der Waals surface area contributed by atoms with E-state index in [9.17, 15) is 9.59 Å². The molecule has 6 nitrogen and oxygen atoms in total. The van der Waals surface area contributed by atoms with E-state index in [1.165, 1.54) is 0 Å². The van der Waals surface area contributed by atoms with Crippen LogP contribution in [0.4, 0.5) is 5.69 Å². The summed E-state index contributed by atoms with van der Waals surface area (Å²) < 4.78 is 10.8. The Labute approximate surface area is 157 Å². The summed E-state index contributed by atoms with van der Waals surface area (Å²) in [4.78, 5) is 28.0. The summed E-state index contributed by atoms with van der Waals surface area (Å²) in [5.74, 6) is 0.834. The third-order valence-corrected chi connectivity index (χ3v) is 4.46. The quantitative estimate of drug-likeness (QED) is 0.701. The number of rotatable bonds is 6. The maximum absolute atomic E-state index is 12.6. The molecule has 0 radical (unpaired) electrons. The molecule has 1 aromatic heterocycles. The van der Waals surface area contributed by atoms with Crippen molar-refractivity contribution in [3.8, 4) is 11.5 Å². The number of H-pyrrole nitrogens is 1. The van der Waals surface area contributed by atoms with Crippen molar-refractivity contribution < 1.29 is 14.3 Å². The monoisotopic (exact) mass is 366 g/mol. The summed E-state index contributed by atoms with van der Waals surface area (Å²) in [6.45, 7) is 1.96. The molecule has 1 amide bonds. The first-order chi connectivity index (χ1) is 13.1. The molecule has 0 spiro atoms. The Morgan fingerprint density at radius 1 is 1.04 bits per heavy atom. The average molecular weight is 366 g/mol.